The van der Waals surface area contributed by atoms with E-state index in [-0.39, 0.29) is 17.2 Å². The SMILES string of the molecule is Cc1cc(C)cc(CS(=O)(=O)C2CC(C)(C)CCC2N)c1. The molecular weight excluding hydrogens is 282 g/mol. The lowest BCUT2D eigenvalue weighted by Gasteiger charge is -2.38. The van der Waals surface area contributed by atoms with E-state index in [9.17, 15) is 8.42 Å². The minimum Gasteiger partial charge on any atom is -0.327 e. The van der Waals surface area contributed by atoms with E-state index in [1.54, 1.807) is 0 Å². The molecule has 1 saturated carbocycles. The minimum atomic E-state index is -3.22. The zero-order valence-electron chi connectivity index (χ0n) is 13.5. The lowest BCUT2D eigenvalue weighted by molar-refractivity contribution is 0.227. The van der Waals surface area contributed by atoms with Crippen LogP contribution in [-0.2, 0) is 15.6 Å². The molecule has 3 nitrogen and oxygen atoms in total. The largest absolute Gasteiger partial charge is 0.327 e. The monoisotopic (exact) mass is 309 g/mol. The van der Waals surface area contributed by atoms with Crippen LogP contribution < -0.4 is 5.73 Å². The molecular formula is C17H27NO2S. The van der Waals surface area contributed by atoms with Crippen LogP contribution in [0.2, 0.25) is 0 Å². The van der Waals surface area contributed by atoms with Gasteiger partial charge in [0.05, 0.1) is 11.0 Å². The van der Waals surface area contributed by atoms with E-state index < -0.39 is 15.1 Å². The van der Waals surface area contributed by atoms with E-state index in [1.807, 2.05) is 26.0 Å². The van der Waals surface area contributed by atoms with Gasteiger partial charge in [-0.15, -0.1) is 0 Å². The molecule has 1 aromatic carbocycles. The van der Waals surface area contributed by atoms with Crippen LogP contribution in [0.1, 0.15) is 49.8 Å². The fourth-order valence-corrected chi connectivity index (χ4v) is 5.65. The van der Waals surface area contributed by atoms with Gasteiger partial charge in [0.15, 0.2) is 9.84 Å². The van der Waals surface area contributed by atoms with Crippen molar-refractivity contribution in [3.05, 3.63) is 34.9 Å². The summed E-state index contributed by atoms with van der Waals surface area (Å²) in [5.74, 6) is 0.101. The number of hydrogen-bond donors (Lipinski definition) is 1. The van der Waals surface area contributed by atoms with Crippen LogP contribution in [0.3, 0.4) is 0 Å². The number of rotatable bonds is 3. The molecule has 0 aliphatic heterocycles. The first-order valence-corrected chi connectivity index (χ1v) is 9.35. The predicted molar refractivity (Wildman–Crippen MR) is 87.9 cm³/mol. The summed E-state index contributed by atoms with van der Waals surface area (Å²) >= 11 is 0. The van der Waals surface area contributed by atoms with Gasteiger partial charge in [0.2, 0.25) is 0 Å². The first-order valence-electron chi connectivity index (χ1n) is 7.63. The summed E-state index contributed by atoms with van der Waals surface area (Å²) < 4.78 is 25.6. The second-order valence-corrected chi connectivity index (χ2v) is 9.63. The van der Waals surface area contributed by atoms with Crippen molar-refractivity contribution in [1.29, 1.82) is 0 Å². The van der Waals surface area contributed by atoms with Gasteiger partial charge >= 0.3 is 0 Å². The second kappa shape index (κ2) is 5.73. The highest BCUT2D eigenvalue weighted by molar-refractivity contribution is 7.91. The van der Waals surface area contributed by atoms with E-state index in [1.165, 1.54) is 0 Å². The van der Waals surface area contributed by atoms with Gasteiger partial charge in [-0.05, 0) is 44.1 Å². The van der Waals surface area contributed by atoms with Gasteiger partial charge < -0.3 is 5.73 Å². The Bertz CT molecular complexity index is 599. The maximum absolute atomic E-state index is 12.8. The molecule has 1 aliphatic carbocycles. The van der Waals surface area contributed by atoms with E-state index in [0.29, 0.717) is 6.42 Å². The predicted octanol–water partition coefficient (Wildman–Crippen LogP) is 3.12. The number of aryl methyl sites for hydroxylation is 2. The Morgan fingerprint density at radius 3 is 2.33 bits per heavy atom. The standard InChI is InChI=1S/C17H27NO2S/c1-12-7-13(2)9-14(8-12)11-21(19,20)16-10-17(3,4)6-5-15(16)18/h7-9,15-16H,5-6,10-11,18H2,1-4H3. The summed E-state index contributed by atoms with van der Waals surface area (Å²) in [6.45, 7) is 8.27. The van der Waals surface area contributed by atoms with Crippen LogP contribution in [0.15, 0.2) is 18.2 Å². The van der Waals surface area contributed by atoms with Crippen molar-refractivity contribution < 1.29 is 8.42 Å². The van der Waals surface area contributed by atoms with E-state index in [4.69, 9.17) is 5.73 Å². The Balaban J connectivity index is 2.24. The second-order valence-electron chi connectivity index (χ2n) is 7.41. The van der Waals surface area contributed by atoms with Crippen LogP contribution in [0.25, 0.3) is 0 Å². The molecule has 2 rings (SSSR count). The number of hydrogen-bond acceptors (Lipinski definition) is 3. The topological polar surface area (TPSA) is 60.2 Å². The van der Waals surface area contributed by atoms with Crippen molar-refractivity contribution in [2.45, 2.75) is 64.0 Å². The lowest BCUT2D eigenvalue weighted by Crippen LogP contribution is -2.47. The molecule has 2 unspecified atom stereocenters. The summed E-state index contributed by atoms with van der Waals surface area (Å²) in [7, 11) is -3.22. The highest BCUT2D eigenvalue weighted by atomic mass is 32.2. The summed E-state index contributed by atoms with van der Waals surface area (Å²) in [5, 5.41) is -0.415. The smallest absolute Gasteiger partial charge is 0.158 e. The molecule has 0 saturated heterocycles. The molecule has 4 heteroatoms. The number of benzene rings is 1. The van der Waals surface area contributed by atoms with Crippen molar-refractivity contribution in [3.8, 4) is 0 Å². The average molecular weight is 309 g/mol. The summed E-state index contributed by atoms with van der Waals surface area (Å²) in [6.07, 6.45) is 2.47. The van der Waals surface area contributed by atoms with Crippen LogP contribution >= 0.6 is 0 Å². The minimum absolute atomic E-state index is 0.0656. The van der Waals surface area contributed by atoms with Gasteiger partial charge in [-0.2, -0.15) is 0 Å². The van der Waals surface area contributed by atoms with Gasteiger partial charge in [0, 0.05) is 6.04 Å². The van der Waals surface area contributed by atoms with Gasteiger partial charge in [-0.1, -0.05) is 43.2 Å². The maximum atomic E-state index is 12.8. The highest BCUT2D eigenvalue weighted by Gasteiger charge is 2.40. The highest BCUT2D eigenvalue weighted by Crippen LogP contribution is 2.38. The molecule has 118 valence electrons. The van der Waals surface area contributed by atoms with Crippen molar-refractivity contribution >= 4 is 9.84 Å². The molecule has 0 amide bonds. The number of sulfone groups is 1. The fraction of sp³-hybridized carbons (Fsp3) is 0.647. The quantitative estimate of drug-likeness (QED) is 0.933. The summed E-state index contributed by atoms with van der Waals surface area (Å²) in [4.78, 5) is 0. The Morgan fingerprint density at radius 1 is 1.19 bits per heavy atom. The maximum Gasteiger partial charge on any atom is 0.158 e. The van der Waals surface area contributed by atoms with Crippen molar-refractivity contribution in [3.63, 3.8) is 0 Å². The van der Waals surface area contributed by atoms with E-state index in [2.05, 4.69) is 19.9 Å². The third-order valence-corrected chi connectivity index (χ3v) is 6.67. The zero-order chi connectivity index (χ0) is 15.8. The zero-order valence-corrected chi connectivity index (χ0v) is 14.3. The fourth-order valence-electron chi connectivity index (χ4n) is 3.43. The summed E-state index contributed by atoms with van der Waals surface area (Å²) in [6, 6.07) is 5.76. The van der Waals surface area contributed by atoms with Gasteiger partial charge in [0.1, 0.15) is 0 Å². The normalized spacial score (nSPS) is 25.8. The Morgan fingerprint density at radius 2 is 1.76 bits per heavy atom. The molecule has 1 aliphatic rings. The van der Waals surface area contributed by atoms with Crippen LogP contribution in [0.5, 0.6) is 0 Å². The number of nitrogens with two attached hydrogens (primary N) is 1. The van der Waals surface area contributed by atoms with Crippen LogP contribution in [-0.4, -0.2) is 19.7 Å². The Labute approximate surface area is 128 Å². The van der Waals surface area contributed by atoms with E-state index in [0.717, 1.165) is 29.5 Å². The van der Waals surface area contributed by atoms with Crippen molar-refractivity contribution in [1.82, 2.24) is 0 Å². The molecule has 1 aromatic rings. The Kier molecular flexibility index (Phi) is 4.50. The molecule has 1 fully saturated rings. The first kappa shape index (κ1) is 16.5. The third-order valence-electron chi connectivity index (χ3n) is 4.50. The molecule has 2 atom stereocenters. The molecule has 0 radical (unpaired) electrons. The van der Waals surface area contributed by atoms with Gasteiger partial charge in [-0.25, -0.2) is 8.42 Å². The van der Waals surface area contributed by atoms with Crippen molar-refractivity contribution in [2.24, 2.45) is 11.1 Å². The summed E-state index contributed by atoms with van der Waals surface area (Å²) in [5.41, 5.74) is 9.27. The van der Waals surface area contributed by atoms with Crippen LogP contribution in [0.4, 0.5) is 0 Å². The van der Waals surface area contributed by atoms with Gasteiger partial charge in [-0.3, -0.25) is 0 Å². The molecule has 0 aromatic heterocycles. The lowest BCUT2D eigenvalue weighted by atomic mass is 9.75. The van der Waals surface area contributed by atoms with E-state index >= 15 is 0 Å². The molecule has 21 heavy (non-hydrogen) atoms. The van der Waals surface area contributed by atoms with Gasteiger partial charge in [0.25, 0.3) is 0 Å². The molecule has 2 N–H and O–H groups in total. The molecule has 0 heterocycles. The Hall–Kier alpha value is -0.870. The van der Waals surface area contributed by atoms with Crippen LogP contribution in [0, 0.1) is 19.3 Å². The first-order chi connectivity index (χ1) is 9.59. The average Bonchev–Trinajstić information content (AvgIpc) is 2.30. The third kappa shape index (κ3) is 4.07. The van der Waals surface area contributed by atoms with Crippen molar-refractivity contribution in [2.75, 3.05) is 0 Å². The molecule has 0 bridgehead atoms. The molecule has 0 spiro atoms.